The lowest BCUT2D eigenvalue weighted by molar-refractivity contribution is 0.389. The summed E-state index contributed by atoms with van der Waals surface area (Å²) in [5.74, 6) is 6.91. The van der Waals surface area contributed by atoms with Gasteiger partial charge in [-0.1, -0.05) is 0 Å². The molecule has 0 saturated carbocycles. The number of benzene rings is 1. The van der Waals surface area contributed by atoms with E-state index in [2.05, 4.69) is 5.43 Å². The molecule has 0 unspecified atom stereocenters. The van der Waals surface area contributed by atoms with Crippen LogP contribution >= 0.6 is 0 Å². The molecule has 0 amide bonds. The number of nitrogens with two attached hydrogens (primary N) is 1. The highest BCUT2D eigenvalue weighted by molar-refractivity contribution is 5.65. The van der Waals surface area contributed by atoms with Gasteiger partial charge in [-0.2, -0.15) is 0 Å². The maximum Gasteiger partial charge on any atom is 0.148 e. The van der Waals surface area contributed by atoms with Crippen molar-refractivity contribution in [2.75, 3.05) is 32.8 Å². The SMILES string of the molecule is COc1ccc(N(C)CNN)c(OC)c1C. The van der Waals surface area contributed by atoms with Crippen LogP contribution in [0.15, 0.2) is 12.1 Å². The molecule has 1 aromatic carbocycles. The topological polar surface area (TPSA) is 59.8 Å². The van der Waals surface area contributed by atoms with Gasteiger partial charge in [-0.25, -0.2) is 5.43 Å². The summed E-state index contributed by atoms with van der Waals surface area (Å²) < 4.78 is 10.6. The molecule has 0 spiro atoms. The van der Waals surface area contributed by atoms with Gasteiger partial charge in [-0.05, 0) is 19.1 Å². The van der Waals surface area contributed by atoms with Crippen LogP contribution in [0.1, 0.15) is 5.56 Å². The van der Waals surface area contributed by atoms with E-state index < -0.39 is 0 Å². The molecule has 0 saturated heterocycles. The first-order valence-electron chi connectivity index (χ1n) is 5.01. The third-order valence-corrected chi connectivity index (χ3v) is 2.50. The fourth-order valence-corrected chi connectivity index (χ4v) is 1.66. The zero-order chi connectivity index (χ0) is 12.1. The van der Waals surface area contributed by atoms with Crippen LogP contribution in [0.4, 0.5) is 5.69 Å². The molecule has 0 aliphatic heterocycles. The van der Waals surface area contributed by atoms with Gasteiger partial charge in [0.05, 0.1) is 26.6 Å². The number of hydrogen-bond acceptors (Lipinski definition) is 5. The van der Waals surface area contributed by atoms with Crippen molar-refractivity contribution in [1.29, 1.82) is 0 Å². The Kier molecular flexibility index (Phi) is 4.39. The monoisotopic (exact) mass is 225 g/mol. The number of rotatable bonds is 5. The highest BCUT2D eigenvalue weighted by atomic mass is 16.5. The van der Waals surface area contributed by atoms with Gasteiger partial charge in [0.2, 0.25) is 0 Å². The van der Waals surface area contributed by atoms with Crippen molar-refractivity contribution < 1.29 is 9.47 Å². The molecule has 5 heteroatoms. The smallest absolute Gasteiger partial charge is 0.148 e. The second kappa shape index (κ2) is 5.58. The molecule has 90 valence electrons. The third kappa shape index (κ3) is 2.37. The van der Waals surface area contributed by atoms with E-state index in [4.69, 9.17) is 15.3 Å². The van der Waals surface area contributed by atoms with Crippen molar-refractivity contribution in [2.24, 2.45) is 5.84 Å². The predicted molar refractivity (Wildman–Crippen MR) is 64.9 cm³/mol. The van der Waals surface area contributed by atoms with E-state index in [-0.39, 0.29) is 0 Å². The molecular weight excluding hydrogens is 206 g/mol. The van der Waals surface area contributed by atoms with Gasteiger partial charge in [0.1, 0.15) is 11.5 Å². The van der Waals surface area contributed by atoms with E-state index >= 15 is 0 Å². The van der Waals surface area contributed by atoms with E-state index in [0.29, 0.717) is 6.67 Å². The molecule has 3 N–H and O–H groups in total. The first kappa shape index (κ1) is 12.6. The van der Waals surface area contributed by atoms with Crippen molar-refractivity contribution >= 4 is 5.69 Å². The van der Waals surface area contributed by atoms with Crippen molar-refractivity contribution in [3.63, 3.8) is 0 Å². The fraction of sp³-hybridized carbons (Fsp3) is 0.455. The Labute approximate surface area is 96.1 Å². The molecule has 0 heterocycles. The molecule has 1 aromatic rings. The number of nitrogens with zero attached hydrogens (tertiary/aromatic N) is 1. The molecule has 5 nitrogen and oxygen atoms in total. The molecule has 0 aliphatic rings. The molecule has 16 heavy (non-hydrogen) atoms. The molecule has 0 atom stereocenters. The molecule has 0 aliphatic carbocycles. The van der Waals surface area contributed by atoms with Crippen molar-refractivity contribution in [3.8, 4) is 11.5 Å². The highest BCUT2D eigenvalue weighted by Gasteiger charge is 2.13. The maximum atomic E-state index is 5.40. The first-order valence-corrected chi connectivity index (χ1v) is 5.01. The normalized spacial score (nSPS) is 10.1. The third-order valence-electron chi connectivity index (χ3n) is 2.50. The molecular formula is C11H19N3O2. The maximum absolute atomic E-state index is 5.40. The van der Waals surface area contributed by atoms with Gasteiger partial charge < -0.3 is 14.4 Å². The Hall–Kier alpha value is -1.46. The summed E-state index contributed by atoms with van der Waals surface area (Å²) >= 11 is 0. The van der Waals surface area contributed by atoms with E-state index in [0.717, 1.165) is 22.7 Å². The van der Waals surface area contributed by atoms with Crippen molar-refractivity contribution in [1.82, 2.24) is 5.43 Å². The Morgan fingerprint density at radius 3 is 2.50 bits per heavy atom. The lowest BCUT2D eigenvalue weighted by Gasteiger charge is -2.23. The van der Waals surface area contributed by atoms with E-state index in [1.54, 1.807) is 14.2 Å². The lowest BCUT2D eigenvalue weighted by atomic mass is 10.1. The number of methoxy groups -OCH3 is 2. The molecule has 0 bridgehead atoms. The van der Waals surface area contributed by atoms with E-state index in [1.165, 1.54) is 0 Å². The number of nitrogens with one attached hydrogen (secondary N) is 1. The van der Waals surface area contributed by atoms with Crippen LogP contribution in [0.5, 0.6) is 11.5 Å². The van der Waals surface area contributed by atoms with Gasteiger partial charge in [0.15, 0.2) is 0 Å². The number of ether oxygens (including phenoxy) is 2. The van der Waals surface area contributed by atoms with Crippen LogP contribution < -0.4 is 25.6 Å². The summed E-state index contributed by atoms with van der Waals surface area (Å²) in [6.45, 7) is 2.51. The van der Waals surface area contributed by atoms with Gasteiger partial charge in [0, 0.05) is 12.6 Å². The number of anilines is 1. The Balaban J connectivity index is 3.14. The lowest BCUT2D eigenvalue weighted by Crippen LogP contribution is -2.35. The van der Waals surface area contributed by atoms with Gasteiger partial charge >= 0.3 is 0 Å². The average molecular weight is 225 g/mol. The molecule has 1 rings (SSSR count). The van der Waals surface area contributed by atoms with Gasteiger partial charge in [0.25, 0.3) is 0 Å². The summed E-state index contributed by atoms with van der Waals surface area (Å²) in [4.78, 5) is 1.96. The summed E-state index contributed by atoms with van der Waals surface area (Å²) in [6.07, 6.45) is 0. The Bertz CT molecular complexity index is 355. The van der Waals surface area contributed by atoms with Crippen molar-refractivity contribution in [2.45, 2.75) is 6.92 Å². The van der Waals surface area contributed by atoms with Crippen LogP contribution in [0, 0.1) is 6.92 Å². The molecule has 0 fully saturated rings. The minimum absolute atomic E-state index is 0.544. The number of hydrogen-bond donors (Lipinski definition) is 2. The molecule has 0 radical (unpaired) electrons. The second-order valence-corrected chi connectivity index (χ2v) is 3.51. The van der Waals surface area contributed by atoms with Crippen LogP contribution in [0.3, 0.4) is 0 Å². The predicted octanol–water partition coefficient (Wildman–Crippen LogP) is 0.869. The van der Waals surface area contributed by atoms with Gasteiger partial charge in [-0.3, -0.25) is 5.84 Å². The summed E-state index contributed by atoms with van der Waals surface area (Å²) in [6, 6.07) is 3.86. The average Bonchev–Trinajstić information content (AvgIpc) is 2.28. The van der Waals surface area contributed by atoms with Gasteiger partial charge in [-0.15, -0.1) is 0 Å². The van der Waals surface area contributed by atoms with Crippen molar-refractivity contribution in [3.05, 3.63) is 17.7 Å². The zero-order valence-electron chi connectivity index (χ0n) is 10.2. The Morgan fingerprint density at radius 2 is 2.00 bits per heavy atom. The minimum Gasteiger partial charge on any atom is -0.496 e. The fourth-order valence-electron chi connectivity index (χ4n) is 1.66. The van der Waals surface area contributed by atoms with E-state index in [9.17, 15) is 0 Å². The largest absolute Gasteiger partial charge is 0.496 e. The van der Waals surface area contributed by atoms with Crippen LogP contribution in [0.2, 0.25) is 0 Å². The summed E-state index contributed by atoms with van der Waals surface area (Å²) in [5, 5.41) is 0. The van der Waals surface area contributed by atoms with Crippen LogP contribution in [0.25, 0.3) is 0 Å². The minimum atomic E-state index is 0.544. The summed E-state index contributed by atoms with van der Waals surface area (Å²) in [5.41, 5.74) is 4.55. The zero-order valence-corrected chi connectivity index (χ0v) is 10.2. The number of hydrazine groups is 1. The van der Waals surface area contributed by atoms with Crippen LogP contribution in [-0.2, 0) is 0 Å². The molecule has 0 aromatic heterocycles. The second-order valence-electron chi connectivity index (χ2n) is 3.51. The van der Waals surface area contributed by atoms with E-state index in [1.807, 2.05) is 31.0 Å². The highest BCUT2D eigenvalue weighted by Crippen LogP contribution is 2.36. The first-order chi connectivity index (χ1) is 7.65. The van der Waals surface area contributed by atoms with Crippen LogP contribution in [-0.4, -0.2) is 27.9 Å². The summed E-state index contributed by atoms with van der Waals surface area (Å²) in [7, 11) is 5.23. The quantitative estimate of drug-likeness (QED) is 0.442. The Morgan fingerprint density at radius 1 is 1.31 bits per heavy atom. The standard InChI is InChI=1S/C11H19N3O2/c1-8-10(15-3)6-5-9(11(8)16-4)14(2)7-13-12/h5-6,13H,7,12H2,1-4H3.